The number of benzene rings is 1. The van der Waals surface area contributed by atoms with Gasteiger partial charge in [0.15, 0.2) is 0 Å². The number of unbranched alkanes of at least 4 members (excludes halogenated alkanes) is 3. The molecule has 3 heteroatoms. The molecule has 0 aromatic heterocycles. The Balaban J connectivity index is 2.22. The van der Waals surface area contributed by atoms with Gasteiger partial charge in [-0.1, -0.05) is 24.6 Å². The van der Waals surface area contributed by atoms with Crippen LogP contribution in [0.3, 0.4) is 0 Å². The number of carbonyl (C=O) groups excluding carboxylic acids is 1. The number of hydrogen-bond acceptors (Lipinski definition) is 3. The molecule has 0 amide bonds. The molecule has 1 aromatic carbocycles. The molecule has 0 aliphatic carbocycles. The highest BCUT2D eigenvalue weighted by Crippen LogP contribution is 2.23. The fourth-order valence-corrected chi connectivity index (χ4v) is 2.33. The minimum Gasteiger partial charge on any atom is -0.507 e. The van der Waals surface area contributed by atoms with Crippen LogP contribution in [0, 0.1) is 13.8 Å². The summed E-state index contributed by atoms with van der Waals surface area (Å²) in [6.45, 7) is 6.10. The van der Waals surface area contributed by atoms with Crippen LogP contribution < -0.4 is 0 Å². The normalized spacial score (nSPS) is 11.0. The third-order valence-electron chi connectivity index (χ3n) is 3.43. The van der Waals surface area contributed by atoms with Crippen LogP contribution in [-0.4, -0.2) is 17.7 Å². The smallest absolute Gasteiger partial charge is 0.330 e. The predicted octanol–water partition coefficient (Wildman–Crippen LogP) is 4.23. The van der Waals surface area contributed by atoms with Crippen LogP contribution >= 0.6 is 0 Å². The number of phenols is 1. The van der Waals surface area contributed by atoms with Crippen LogP contribution in [-0.2, 0) is 16.0 Å². The lowest BCUT2D eigenvalue weighted by Gasteiger charge is -2.07. The molecule has 3 nitrogen and oxygen atoms in total. The van der Waals surface area contributed by atoms with Crippen LogP contribution in [0.25, 0.3) is 0 Å². The van der Waals surface area contributed by atoms with Crippen LogP contribution in [0.1, 0.15) is 49.3 Å². The van der Waals surface area contributed by atoms with Crippen molar-refractivity contribution in [1.29, 1.82) is 0 Å². The van der Waals surface area contributed by atoms with E-state index in [0.717, 1.165) is 43.2 Å². The van der Waals surface area contributed by atoms with Gasteiger partial charge in [-0.2, -0.15) is 0 Å². The molecular formula is C18H26O3. The van der Waals surface area contributed by atoms with Crippen LogP contribution in [0.15, 0.2) is 24.3 Å². The summed E-state index contributed by atoms with van der Waals surface area (Å²) in [7, 11) is 0. The van der Waals surface area contributed by atoms with E-state index in [1.807, 2.05) is 19.9 Å². The van der Waals surface area contributed by atoms with Crippen molar-refractivity contribution < 1.29 is 14.6 Å². The number of aryl methyl sites for hydroxylation is 3. The summed E-state index contributed by atoms with van der Waals surface area (Å²) in [6.07, 6.45) is 8.66. The zero-order chi connectivity index (χ0) is 15.7. The first kappa shape index (κ1) is 17.3. The fraction of sp³-hybridized carbons (Fsp3) is 0.500. The van der Waals surface area contributed by atoms with E-state index in [9.17, 15) is 9.90 Å². The zero-order valence-electron chi connectivity index (χ0n) is 13.3. The van der Waals surface area contributed by atoms with E-state index in [2.05, 4.69) is 12.1 Å². The van der Waals surface area contributed by atoms with Crippen LogP contribution in [0.2, 0.25) is 0 Å². The van der Waals surface area contributed by atoms with Gasteiger partial charge in [0.1, 0.15) is 5.75 Å². The summed E-state index contributed by atoms with van der Waals surface area (Å²) in [4.78, 5) is 11.1. The Bertz CT molecular complexity index is 466. The number of esters is 1. The standard InChI is InChI=1S/C18H26O3/c1-4-21-17(19)11-9-7-5-6-8-10-16-12-14(2)18(20)15(3)13-16/h9,11-13,20H,4-8,10H2,1-3H3/b11-9+. The molecule has 1 rings (SSSR count). The van der Waals surface area contributed by atoms with Crippen molar-refractivity contribution in [3.8, 4) is 5.75 Å². The summed E-state index contributed by atoms with van der Waals surface area (Å²) >= 11 is 0. The van der Waals surface area contributed by atoms with Gasteiger partial charge in [0.05, 0.1) is 6.61 Å². The van der Waals surface area contributed by atoms with Gasteiger partial charge in [-0.15, -0.1) is 0 Å². The average molecular weight is 290 g/mol. The maximum atomic E-state index is 11.1. The van der Waals surface area contributed by atoms with Gasteiger partial charge in [-0.05, 0) is 63.1 Å². The van der Waals surface area contributed by atoms with Crippen molar-refractivity contribution in [1.82, 2.24) is 0 Å². The second-order valence-electron chi connectivity index (χ2n) is 5.33. The Morgan fingerprint density at radius 3 is 2.48 bits per heavy atom. The summed E-state index contributed by atoms with van der Waals surface area (Å²) in [6, 6.07) is 4.12. The molecule has 0 heterocycles. The summed E-state index contributed by atoms with van der Waals surface area (Å²) in [5, 5.41) is 9.74. The zero-order valence-corrected chi connectivity index (χ0v) is 13.3. The van der Waals surface area contributed by atoms with Gasteiger partial charge in [-0.25, -0.2) is 4.79 Å². The highest BCUT2D eigenvalue weighted by Gasteiger charge is 2.03. The Labute approximate surface area is 127 Å². The molecule has 0 radical (unpaired) electrons. The number of hydrogen-bond donors (Lipinski definition) is 1. The van der Waals surface area contributed by atoms with Gasteiger partial charge in [0.2, 0.25) is 0 Å². The molecule has 0 aliphatic rings. The van der Waals surface area contributed by atoms with E-state index in [1.165, 1.54) is 11.6 Å². The summed E-state index contributed by atoms with van der Waals surface area (Å²) in [5.74, 6) is 0.149. The molecule has 0 aliphatic heterocycles. The molecule has 116 valence electrons. The molecule has 0 spiro atoms. The van der Waals surface area contributed by atoms with E-state index in [4.69, 9.17) is 4.74 Å². The lowest BCUT2D eigenvalue weighted by atomic mass is 10.0. The molecule has 0 atom stereocenters. The first-order valence-corrected chi connectivity index (χ1v) is 7.67. The predicted molar refractivity (Wildman–Crippen MR) is 85.5 cm³/mol. The first-order valence-electron chi connectivity index (χ1n) is 7.67. The van der Waals surface area contributed by atoms with Crippen molar-refractivity contribution in [3.05, 3.63) is 41.0 Å². The number of ether oxygens (including phenoxy) is 1. The Hall–Kier alpha value is -1.77. The largest absolute Gasteiger partial charge is 0.507 e. The second kappa shape index (κ2) is 9.22. The quantitative estimate of drug-likeness (QED) is 0.443. The molecule has 1 aromatic rings. The number of rotatable bonds is 8. The van der Waals surface area contributed by atoms with Gasteiger partial charge < -0.3 is 9.84 Å². The molecule has 21 heavy (non-hydrogen) atoms. The molecule has 0 bridgehead atoms. The second-order valence-corrected chi connectivity index (χ2v) is 5.33. The average Bonchev–Trinajstić information content (AvgIpc) is 2.44. The van der Waals surface area contributed by atoms with E-state index >= 15 is 0 Å². The van der Waals surface area contributed by atoms with Gasteiger partial charge in [0, 0.05) is 6.08 Å². The third kappa shape index (κ3) is 6.48. The Morgan fingerprint density at radius 1 is 1.19 bits per heavy atom. The lowest BCUT2D eigenvalue weighted by molar-refractivity contribution is -0.137. The molecule has 0 saturated carbocycles. The van der Waals surface area contributed by atoms with Crippen molar-refractivity contribution in [2.45, 2.75) is 52.9 Å². The number of allylic oxidation sites excluding steroid dienone is 1. The lowest BCUT2D eigenvalue weighted by Crippen LogP contribution is -1.98. The highest BCUT2D eigenvalue weighted by atomic mass is 16.5. The minimum absolute atomic E-state index is 0.257. The topological polar surface area (TPSA) is 46.5 Å². The van der Waals surface area contributed by atoms with E-state index in [1.54, 1.807) is 6.92 Å². The highest BCUT2D eigenvalue weighted by molar-refractivity contribution is 5.81. The maximum absolute atomic E-state index is 11.1. The molecule has 0 saturated heterocycles. The van der Waals surface area contributed by atoms with Gasteiger partial charge in [0.25, 0.3) is 0 Å². The number of aromatic hydroxyl groups is 1. The molecule has 0 unspecified atom stereocenters. The van der Waals surface area contributed by atoms with Crippen LogP contribution in [0.4, 0.5) is 0 Å². The van der Waals surface area contributed by atoms with Gasteiger partial charge >= 0.3 is 5.97 Å². The molecular weight excluding hydrogens is 264 g/mol. The van der Waals surface area contributed by atoms with Crippen molar-refractivity contribution in [2.75, 3.05) is 6.61 Å². The monoisotopic (exact) mass is 290 g/mol. The van der Waals surface area contributed by atoms with E-state index < -0.39 is 0 Å². The van der Waals surface area contributed by atoms with Crippen molar-refractivity contribution >= 4 is 5.97 Å². The maximum Gasteiger partial charge on any atom is 0.330 e. The van der Waals surface area contributed by atoms with Crippen LogP contribution in [0.5, 0.6) is 5.75 Å². The van der Waals surface area contributed by atoms with E-state index in [-0.39, 0.29) is 5.97 Å². The first-order chi connectivity index (χ1) is 10.0. The van der Waals surface area contributed by atoms with Gasteiger partial charge in [-0.3, -0.25) is 0 Å². The van der Waals surface area contributed by atoms with Crippen molar-refractivity contribution in [3.63, 3.8) is 0 Å². The van der Waals surface area contributed by atoms with E-state index in [0.29, 0.717) is 12.4 Å². The van der Waals surface area contributed by atoms with Crippen molar-refractivity contribution in [2.24, 2.45) is 0 Å². The summed E-state index contributed by atoms with van der Waals surface area (Å²) in [5.41, 5.74) is 3.18. The number of phenolic OH excluding ortho intramolecular Hbond substituents is 1. The summed E-state index contributed by atoms with van der Waals surface area (Å²) < 4.78 is 4.81. The minimum atomic E-state index is -0.257. The Kier molecular flexibility index (Phi) is 7.59. The SMILES string of the molecule is CCOC(=O)/C=C/CCCCCc1cc(C)c(O)c(C)c1. The fourth-order valence-electron chi connectivity index (χ4n) is 2.33. The number of carbonyl (C=O) groups is 1. The molecule has 0 fully saturated rings. The third-order valence-corrected chi connectivity index (χ3v) is 3.43. The Morgan fingerprint density at radius 2 is 1.86 bits per heavy atom. The molecule has 1 N–H and O–H groups in total.